The lowest BCUT2D eigenvalue weighted by Gasteiger charge is -2.48. The van der Waals surface area contributed by atoms with Crippen LogP contribution in [0.15, 0.2) is 35.5 Å². The van der Waals surface area contributed by atoms with E-state index in [9.17, 15) is 20.4 Å². The molecule has 4 nitrogen and oxygen atoms in total. The number of rotatable bonds is 3. The van der Waals surface area contributed by atoms with E-state index < -0.39 is 23.7 Å². The summed E-state index contributed by atoms with van der Waals surface area (Å²) in [7, 11) is 0. The molecule has 0 aliphatic heterocycles. The third-order valence-corrected chi connectivity index (χ3v) is 7.09. The highest BCUT2D eigenvalue weighted by Gasteiger charge is 2.60. The molecule has 0 aromatic heterocycles. The quantitative estimate of drug-likeness (QED) is 0.632. The summed E-state index contributed by atoms with van der Waals surface area (Å²) in [4.78, 5) is 0. The van der Waals surface area contributed by atoms with Crippen molar-refractivity contribution in [3.63, 3.8) is 0 Å². The second kappa shape index (κ2) is 6.99. The van der Waals surface area contributed by atoms with Crippen LogP contribution in [0.4, 0.5) is 0 Å². The molecule has 5 atom stereocenters. The Hall–Kier alpha value is -0.940. The van der Waals surface area contributed by atoms with Crippen LogP contribution in [0.2, 0.25) is 0 Å². The highest BCUT2D eigenvalue weighted by molar-refractivity contribution is 5.36. The zero-order valence-corrected chi connectivity index (χ0v) is 15.2. The van der Waals surface area contributed by atoms with E-state index in [1.54, 1.807) is 0 Å². The summed E-state index contributed by atoms with van der Waals surface area (Å²) in [5.74, 6) is 0.228. The van der Waals surface area contributed by atoms with Crippen molar-refractivity contribution in [3.05, 3.63) is 35.5 Å². The molecular weight excluding hydrogens is 316 g/mol. The molecule has 4 heteroatoms. The lowest BCUT2D eigenvalue weighted by atomic mass is 9.60. The van der Waals surface area contributed by atoms with Gasteiger partial charge in [-0.25, -0.2) is 0 Å². The van der Waals surface area contributed by atoms with Crippen molar-refractivity contribution in [1.29, 1.82) is 0 Å². The third kappa shape index (κ3) is 3.14. The van der Waals surface area contributed by atoms with E-state index in [2.05, 4.69) is 25.7 Å². The van der Waals surface area contributed by atoms with Crippen LogP contribution in [0.1, 0.15) is 58.3 Å². The average molecular weight is 348 g/mol. The zero-order valence-electron chi connectivity index (χ0n) is 15.2. The number of allylic oxidation sites excluding steroid dienone is 4. The van der Waals surface area contributed by atoms with Crippen LogP contribution in [-0.2, 0) is 0 Å². The Morgan fingerprint density at radius 3 is 2.72 bits per heavy atom. The largest absolute Gasteiger partial charge is 0.394 e. The van der Waals surface area contributed by atoms with Gasteiger partial charge in [0, 0.05) is 5.41 Å². The molecule has 0 spiro atoms. The van der Waals surface area contributed by atoms with Crippen molar-refractivity contribution >= 4 is 0 Å². The Kier molecular flexibility index (Phi) is 5.27. The van der Waals surface area contributed by atoms with E-state index in [0.29, 0.717) is 12.8 Å². The molecule has 3 fully saturated rings. The Morgan fingerprint density at radius 1 is 1.24 bits per heavy atom. The molecule has 4 N–H and O–H groups in total. The van der Waals surface area contributed by atoms with Gasteiger partial charge in [-0.1, -0.05) is 36.8 Å². The van der Waals surface area contributed by atoms with E-state index in [-0.39, 0.29) is 12.0 Å². The van der Waals surface area contributed by atoms with Crippen molar-refractivity contribution in [2.45, 2.75) is 76.1 Å². The predicted octanol–water partition coefficient (Wildman–Crippen LogP) is 2.62. The first-order valence-electron chi connectivity index (χ1n) is 9.59. The second-order valence-electron chi connectivity index (χ2n) is 8.42. The van der Waals surface area contributed by atoms with Gasteiger partial charge in [0.25, 0.3) is 0 Å². The minimum atomic E-state index is -1.22. The van der Waals surface area contributed by atoms with Crippen molar-refractivity contribution < 1.29 is 20.4 Å². The summed E-state index contributed by atoms with van der Waals surface area (Å²) >= 11 is 0. The summed E-state index contributed by atoms with van der Waals surface area (Å²) < 4.78 is 0. The highest BCUT2D eigenvalue weighted by Crippen LogP contribution is 2.60. The molecule has 0 aromatic rings. The molecule has 25 heavy (non-hydrogen) atoms. The standard InChI is InChI=1S/C21H32O4/c1-14-5-8-17(23)12-16(14)7-6-15-4-3-10-20(2)18(15)9-11-21(20,25)19(24)13-22/h6-7,17-19,22-25H,1,3-5,8-13H2,2H3/b15-6+,16-7-/t17-,18+,19+,20+,21+/m1/s1. The van der Waals surface area contributed by atoms with Gasteiger partial charge in [0.1, 0.15) is 6.10 Å². The molecule has 0 saturated heterocycles. The fraction of sp³-hybridized carbons (Fsp3) is 0.714. The molecule has 0 radical (unpaired) electrons. The predicted molar refractivity (Wildman–Crippen MR) is 97.9 cm³/mol. The van der Waals surface area contributed by atoms with Crippen molar-refractivity contribution in [1.82, 2.24) is 0 Å². The maximum atomic E-state index is 11.1. The van der Waals surface area contributed by atoms with Gasteiger partial charge in [0.05, 0.1) is 18.3 Å². The van der Waals surface area contributed by atoms with E-state index >= 15 is 0 Å². The van der Waals surface area contributed by atoms with E-state index in [1.165, 1.54) is 5.57 Å². The number of fused-ring (bicyclic) bond motifs is 1. The molecule has 3 aliphatic rings. The normalized spacial score (nSPS) is 43.5. The Labute approximate surface area is 150 Å². The first-order chi connectivity index (χ1) is 11.8. The molecule has 0 amide bonds. The van der Waals surface area contributed by atoms with Crippen LogP contribution < -0.4 is 0 Å². The van der Waals surface area contributed by atoms with Gasteiger partial charge in [0.2, 0.25) is 0 Å². The summed E-state index contributed by atoms with van der Waals surface area (Å²) in [5, 5.41) is 40.6. The molecule has 0 heterocycles. The number of hydrogen-bond donors (Lipinski definition) is 4. The lowest BCUT2D eigenvalue weighted by Crippen LogP contribution is -2.55. The van der Waals surface area contributed by atoms with Gasteiger partial charge in [-0.05, 0) is 62.9 Å². The summed E-state index contributed by atoms with van der Waals surface area (Å²) in [5.41, 5.74) is 1.93. The average Bonchev–Trinajstić information content (AvgIpc) is 2.88. The lowest BCUT2D eigenvalue weighted by molar-refractivity contribution is -0.161. The van der Waals surface area contributed by atoms with Crippen LogP contribution in [0.5, 0.6) is 0 Å². The van der Waals surface area contributed by atoms with Gasteiger partial charge in [0.15, 0.2) is 0 Å². The molecule has 0 bridgehead atoms. The maximum Gasteiger partial charge on any atom is 0.106 e. The molecule has 3 saturated carbocycles. The van der Waals surface area contributed by atoms with Gasteiger partial charge >= 0.3 is 0 Å². The van der Waals surface area contributed by atoms with Crippen LogP contribution >= 0.6 is 0 Å². The van der Waals surface area contributed by atoms with Gasteiger partial charge in [-0.15, -0.1) is 0 Å². The maximum absolute atomic E-state index is 11.1. The molecule has 140 valence electrons. The highest BCUT2D eigenvalue weighted by atomic mass is 16.4. The monoisotopic (exact) mass is 348 g/mol. The van der Waals surface area contributed by atoms with Crippen molar-refractivity contribution in [3.8, 4) is 0 Å². The number of aliphatic hydroxyl groups excluding tert-OH is 3. The minimum absolute atomic E-state index is 0.228. The van der Waals surface area contributed by atoms with Crippen LogP contribution in [0.3, 0.4) is 0 Å². The number of hydrogen-bond acceptors (Lipinski definition) is 4. The Bertz CT molecular complexity index is 593. The molecular formula is C21H32O4. The van der Waals surface area contributed by atoms with Crippen molar-refractivity contribution in [2.24, 2.45) is 11.3 Å². The third-order valence-electron chi connectivity index (χ3n) is 7.09. The number of aliphatic hydroxyl groups is 4. The van der Waals surface area contributed by atoms with Gasteiger partial charge < -0.3 is 20.4 Å². The van der Waals surface area contributed by atoms with Gasteiger partial charge in [-0.2, -0.15) is 0 Å². The summed E-state index contributed by atoms with van der Waals surface area (Å²) in [6.07, 6.45) is 9.41. The molecule has 3 rings (SSSR count). The minimum Gasteiger partial charge on any atom is -0.394 e. The second-order valence-corrected chi connectivity index (χ2v) is 8.42. The molecule has 0 unspecified atom stereocenters. The summed E-state index contributed by atoms with van der Waals surface area (Å²) in [6, 6.07) is 0. The van der Waals surface area contributed by atoms with Crippen LogP contribution in [-0.4, -0.2) is 44.8 Å². The fourth-order valence-electron chi connectivity index (χ4n) is 5.38. The van der Waals surface area contributed by atoms with E-state index in [4.69, 9.17) is 0 Å². The van der Waals surface area contributed by atoms with Crippen molar-refractivity contribution in [2.75, 3.05) is 6.61 Å². The van der Waals surface area contributed by atoms with Crippen LogP contribution in [0.25, 0.3) is 0 Å². The van der Waals surface area contributed by atoms with E-state index in [1.807, 2.05) is 0 Å². The fourth-order valence-corrected chi connectivity index (χ4v) is 5.38. The smallest absolute Gasteiger partial charge is 0.106 e. The summed E-state index contributed by atoms with van der Waals surface area (Å²) in [6.45, 7) is 5.78. The SMILES string of the molecule is C=C1CC[C@@H](O)C/C1=C/C=C1\CCC[C@@]2(C)[C@H]1CC[C@]2(O)[C@@H](O)CO. The molecule has 0 aromatic carbocycles. The molecule has 3 aliphatic carbocycles. The van der Waals surface area contributed by atoms with Crippen LogP contribution in [0, 0.1) is 11.3 Å². The Morgan fingerprint density at radius 2 is 2.00 bits per heavy atom. The Balaban J connectivity index is 1.86. The van der Waals surface area contributed by atoms with Gasteiger partial charge in [-0.3, -0.25) is 0 Å². The zero-order chi connectivity index (χ0) is 18.2. The first kappa shape index (κ1) is 18.8. The topological polar surface area (TPSA) is 80.9 Å². The van der Waals surface area contributed by atoms with E-state index in [0.717, 1.165) is 49.7 Å². The first-order valence-corrected chi connectivity index (χ1v) is 9.59.